The van der Waals surface area contributed by atoms with Gasteiger partial charge in [0.1, 0.15) is 0 Å². The second-order valence-electron chi connectivity index (χ2n) is 4.22. The number of rotatable bonds is 3. The molecule has 1 unspecified atom stereocenters. The third-order valence-corrected chi connectivity index (χ3v) is 2.52. The highest BCUT2D eigenvalue weighted by Crippen LogP contribution is 2.21. The first kappa shape index (κ1) is 11.9. The SMILES string of the molecule is CCC(NS(C)(=O)=O)C(C)(C)C. The van der Waals surface area contributed by atoms with E-state index in [0.29, 0.717) is 0 Å². The number of nitrogens with one attached hydrogen (secondary N) is 1. The van der Waals surface area contributed by atoms with Gasteiger partial charge in [0.05, 0.1) is 6.26 Å². The molecule has 1 atom stereocenters. The van der Waals surface area contributed by atoms with Crippen LogP contribution in [0.25, 0.3) is 0 Å². The van der Waals surface area contributed by atoms with Crippen LogP contribution >= 0.6 is 0 Å². The topological polar surface area (TPSA) is 46.2 Å². The second kappa shape index (κ2) is 3.75. The molecule has 0 rings (SSSR count). The van der Waals surface area contributed by atoms with Crippen molar-refractivity contribution < 1.29 is 8.42 Å². The van der Waals surface area contributed by atoms with Crippen LogP contribution in [0.15, 0.2) is 0 Å². The lowest BCUT2D eigenvalue weighted by Crippen LogP contribution is -2.42. The van der Waals surface area contributed by atoms with E-state index in [1.165, 1.54) is 6.26 Å². The smallest absolute Gasteiger partial charge is 0.208 e. The first-order valence-electron chi connectivity index (χ1n) is 4.14. The predicted molar refractivity (Wildman–Crippen MR) is 51.5 cm³/mol. The van der Waals surface area contributed by atoms with Gasteiger partial charge >= 0.3 is 0 Å². The summed E-state index contributed by atoms with van der Waals surface area (Å²) in [5.41, 5.74) is -0.0160. The molecule has 0 aliphatic carbocycles. The maximum atomic E-state index is 10.9. The minimum atomic E-state index is -3.07. The van der Waals surface area contributed by atoms with E-state index in [4.69, 9.17) is 0 Å². The lowest BCUT2D eigenvalue weighted by molar-refractivity contribution is 0.292. The molecule has 12 heavy (non-hydrogen) atoms. The summed E-state index contributed by atoms with van der Waals surface area (Å²) in [4.78, 5) is 0. The molecule has 0 heterocycles. The van der Waals surface area contributed by atoms with E-state index in [2.05, 4.69) is 4.72 Å². The Bertz CT molecular complexity index is 226. The second-order valence-corrected chi connectivity index (χ2v) is 6.00. The molecule has 0 bridgehead atoms. The van der Waals surface area contributed by atoms with Crippen molar-refractivity contribution in [1.29, 1.82) is 0 Å². The Labute approximate surface area is 75.6 Å². The van der Waals surface area contributed by atoms with Crippen LogP contribution in [0.2, 0.25) is 0 Å². The zero-order valence-corrected chi connectivity index (χ0v) is 9.33. The van der Waals surface area contributed by atoms with Crippen molar-refractivity contribution in [3.63, 3.8) is 0 Å². The fraction of sp³-hybridized carbons (Fsp3) is 1.00. The molecule has 0 aromatic rings. The molecule has 0 amide bonds. The van der Waals surface area contributed by atoms with Gasteiger partial charge in [0.2, 0.25) is 10.0 Å². The van der Waals surface area contributed by atoms with Gasteiger partial charge in [-0.1, -0.05) is 27.7 Å². The highest BCUT2D eigenvalue weighted by Gasteiger charge is 2.25. The van der Waals surface area contributed by atoms with E-state index in [9.17, 15) is 8.42 Å². The highest BCUT2D eigenvalue weighted by molar-refractivity contribution is 7.88. The first-order valence-corrected chi connectivity index (χ1v) is 6.03. The molecule has 0 spiro atoms. The Morgan fingerprint density at radius 3 is 1.83 bits per heavy atom. The fourth-order valence-electron chi connectivity index (χ4n) is 1.13. The van der Waals surface area contributed by atoms with Gasteiger partial charge < -0.3 is 0 Å². The molecule has 0 aliphatic rings. The van der Waals surface area contributed by atoms with Crippen molar-refractivity contribution in [3.8, 4) is 0 Å². The maximum absolute atomic E-state index is 10.9. The minimum Gasteiger partial charge on any atom is -0.213 e. The van der Waals surface area contributed by atoms with Crippen LogP contribution < -0.4 is 4.72 Å². The van der Waals surface area contributed by atoms with Crippen LogP contribution in [0.5, 0.6) is 0 Å². The van der Waals surface area contributed by atoms with E-state index in [0.717, 1.165) is 6.42 Å². The van der Waals surface area contributed by atoms with Crippen molar-refractivity contribution in [2.45, 2.75) is 40.2 Å². The quantitative estimate of drug-likeness (QED) is 0.735. The van der Waals surface area contributed by atoms with Gasteiger partial charge in [-0.2, -0.15) is 0 Å². The summed E-state index contributed by atoms with van der Waals surface area (Å²) < 4.78 is 24.5. The summed E-state index contributed by atoms with van der Waals surface area (Å²) in [6.07, 6.45) is 2.01. The monoisotopic (exact) mass is 193 g/mol. The van der Waals surface area contributed by atoms with E-state index >= 15 is 0 Å². The lowest BCUT2D eigenvalue weighted by Gasteiger charge is -2.29. The molecule has 0 fully saturated rings. The predicted octanol–water partition coefficient (Wildman–Crippen LogP) is 1.36. The molecule has 0 radical (unpaired) electrons. The van der Waals surface area contributed by atoms with Crippen LogP contribution in [0, 0.1) is 5.41 Å². The Balaban J connectivity index is 4.41. The van der Waals surface area contributed by atoms with Crippen molar-refractivity contribution in [1.82, 2.24) is 4.72 Å². The molecule has 0 saturated carbocycles. The molecular formula is C8H19NO2S. The lowest BCUT2D eigenvalue weighted by atomic mass is 9.86. The summed E-state index contributed by atoms with van der Waals surface area (Å²) in [5, 5.41) is 0. The minimum absolute atomic E-state index is 0.0160. The largest absolute Gasteiger partial charge is 0.213 e. The van der Waals surface area contributed by atoms with E-state index in [-0.39, 0.29) is 11.5 Å². The standard InChI is InChI=1S/C8H19NO2S/c1-6-7(8(2,3)4)9-12(5,10)11/h7,9H,6H2,1-5H3. The summed E-state index contributed by atoms with van der Waals surface area (Å²) >= 11 is 0. The molecule has 0 saturated heterocycles. The third kappa shape index (κ3) is 4.72. The molecule has 1 N–H and O–H groups in total. The molecule has 0 aromatic carbocycles. The number of hydrogen-bond acceptors (Lipinski definition) is 2. The molecule has 3 nitrogen and oxygen atoms in total. The van der Waals surface area contributed by atoms with Gasteiger partial charge in [-0.05, 0) is 11.8 Å². The zero-order valence-electron chi connectivity index (χ0n) is 8.51. The van der Waals surface area contributed by atoms with Crippen molar-refractivity contribution in [2.24, 2.45) is 5.41 Å². The maximum Gasteiger partial charge on any atom is 0.208 e. The highest BCUT2D eigenvalue weighted by atomic mass is 32.2. The summed E-state index contributed by atoms with van der Waals surface area (Å²) in [5.74, 6) is 0. The molecule has 0 aromatic heterocycles. The van der Waals surface area contributed by atoms with E-state index in [1.54, 1.807) is 0 Å². The van der Waals surface area contributed by atoms with Gasteiger partial charge in [-0.25, -0.2) is 13.1 Å². The van der Waals surface area contributed by atoms with Crippen molar-refractivity contribution >= 4 is 10.0 Å². The first-order chi connectivity index (χ1) is 5.17. The fourth-order valence-corrected chi connectivity index (χ4v) is 2.17. The molecule has 4 heteroatoms. The summed E-state index contributed by atoms with van der Waals surface area (Å²) in [6.45, 7) is 8.06. The van der Waals surface area contributed by atoms with E-state index < -0.39 is 10.0 Å². The Kier molecular flexibility index (Phi) is 3.72. The van der Waals surface area contributed by atoms with Crippen LogP contribution in [0.4, 0.5) is 0 Å². The van der Waals surface area contributed by atoms with Crippen molar-refractivity contribution in [2.75, 3.05) is 6.26 Å². The third-order valence-electron chi connectivity index (χ3n) is 1.81. The van der Waals surface area contributed by atoms with Crippen LogP contribution in [-0.4, -0.2) is 20.7 Å². The number of hydrogen-bond donors (Lipinski definition) is 1. The molecule has 74 valence electrons. The molecule has 0 aliphatic heterocycles. The van der Waals surface area contributed by atoms with Gasteiger partial charge in [-0.15, -0.1) is 0 Å². The Hall–Kier alpha value is -0.0900. The molecular weight excluding hydrogens is 174 g/mol. The summed E-state index contributed by atoms with van der Waals surface area (Å²) in [6, 6.07) is 0.0208. The van der Waals surface area contributed by atoms with Gasteiger partial charge in [0, 0.05) is 6.04 Å². The average Bonchev–Trinajstić information content (AvgIpc) is 1.78. The Morgan fingerprint density at radius 1 is 1.33 bits per heavy atom. The number of sulfonamides is 1. The Morgan fingerprint density at radius 2 is 1.75 bits per heavy atom. The van der Waals surface area contributed by atoms with Gasteiger partial charge in [0.25, 0.3) is 0 Å². The van der Waals surface area contributed by atoms with Crippen molar-refractivity contribution in [3.05, 3.63) is 0 Å². The average molecular weight is 193 g/mol. The summed E-state index contributed by atoms with van der Waals surface area (Å²) in [7, 11) is -3.07. The van der Waals surface area contributed by atoms with Crippen LogP contribution in [-0.2, 0) is 10.0 Å². The van der Waals surface area contributed by atoms with Crippen LogP contribution in [0.3, 0.4) is 0 Å². The van der Waals surface area contributed by atoms with Gasteiger partial charge in [-0.3, -0.25) is 0 Å². The normalized spacial score (nSPS) is 16.1. The van der Waals surface area contributed by atoms with Gasteiger partial charge in [0.15, 0.2) is 0 Å². The zero-order chi connectivity index (χ0) is 9.99. The van der Waals surface area contributed by atoms with Crippen LogP contribution in [0.1, 0.15) is 34.1 Å². The van der Waals surface area contributed by atoms with E-state index in [1.807, 2.05) is 27.7 Å².